The Morgan fingerprint density at radius 3 is 2.80 bits per heavy atom. The molecule has 3 rings (SSSR count). The predicted molar refractivity (Wildman–Crippen MR) is 79.8 cm³/mol. The van der Waals surface area contributed by atoms with E-state index in [0.717, 1.165) is 30.3 Å². The van der Waals surface area contributed by atoms with Crippen LogP contribution in [0, 0.1) is 17.7 Å². The second-order valence-corrected chi connectivity index (χ2v) is 6.17. The Hall–Kier alpha value is -1.58. The zero-order valence-corrected chi connectivity index (χ0v) is 12.0. The number of imidazole rings is 1. The third kappa shape index (κ3) is 2.65. The van der Waals surface area contributed by atoms with Crippen molar-refractivity contribution in [3.63, 3.8) is 0 Å². The van der Waals surface area contributed by atoms with Crippen molar-refractivity contribution in [1.82, 2.24) is 9.55 Å². The van der Waals surface area contributed by atoms with E-state index in [4.69, 9.17) is 5.73 Å². The minimum atomic E-state index is -0.261. The lowest BCUT2D eigenvalue weighted by Gasteiger charge is -2.26. The molecule has 0 atom stereocenters. The fourth-order valence-corrected chi connectivity index (χ4v) is 3.29. The Morgan fingerprint density at radius 1 is 1.30 bits per heavy atom. The summed E-state index contributed by atoms with van der Waals surface area (Å²) in [6, 6.07) is 4.70. The molecule has 2 N–H and O–H groups in total. The molecule has 108 valence electrons. The van der Waals surface area contributed by atoms with Crippen molar-refractivity contribution in [3.8, 4) is 0 Å². The number of nitrogen functional groups attached to an aromatic ring is 1. The Kier molecular flexibility index (Phi) is 3.64. The molecule has 1 aliphatic rings. The standard InChI is InChI=1S/C16H22FN3/c1-11-2-4-12(5-3-11)8-9-20-15-7-6-13(17)10-14(15)19-16(20)18/h6-7,10-12H,2-5,8-9H2,1H3,(H2,18,19). The second kappa shape index (κ2) is 5.43. The van der Waals surface area contributed by atoms with Gasteiger partial charge in [-0.2, -0.15) is 0 Å². The van der Waals surface area contributed by atoms with E-state index in [1.807, 2.05) is 4.57 Å². The lowest BCUT2D eigenvalue weighted by Crippen LogP contribution is -2.15. The van der Waals surface area contributed by atoms with Crippen LogP contribution in [0.4, 0.5) is 10.3 Å². The van der Waals surface area contributed by atoms with Crippen LogP contribution in [-0.2, 0) is 6.54 Å². The van der Waals surface area contributed by atoms with Crippen LogP contribution in [0.5, 0.6) is 0 Å². The first-order valence-electron chi connectivity index (χ1n) is 7.54. The van der Waals surface area contributed by atoms with Crippen molar-refractivity contribution < 1.29 is 4.39 Å². The molecule has 1 fully saturated rings. The summed E-state index contributed by atoms with van der Waals surface area (Å²) in [7, 11) is 0. The van der Waals surface area contributed by atoms with Gasteiger partial charge in [0.2, 0.25) is 5.95 Å². The van der Waals surface area contributed by atoms with E-state index in [9.17, 15) is 4.39 Å². The van der Waals surface area contributed by atoms with Gasteiger partial charge in [-0.05, 0) is 30.4 Å². The minimum Gasteiger partial charge on any atom is -0.369 e. The number of nitrogens with two attached hydrogens (primary N) is 1. The summed E-state index contributed by atoms with van der Waals surface area (Å²) in [4.78, 5) is 4.25. The summed E-state index contributed by atoms with van der Waals surface area (Å²) in [6.07, 6.45) is 6.47. The lowest BCUT2D eigenvalue weighted by molar-refractivity contribution is 0.270. The van der Waals surface area contributed by atoms with Gasteiger partial charge < -0.3 is 10.3 Å². The lowest BCUT2D eigenvalue weighted by atomic mass is 9.81. The highest BCUT2D eigenvalue weighted by Gasteiger charge is 2.19. The van der Waals surface area contributed by atoms with Gasteiger partial charge in [0.1, 0.15) is 5.82 Å². The molecule has 0 radical (unpaired) electrons. The van der Waals surface area contributed by atoms with E-state index >= 15 is 0 Å². The van der Waals surface area contributed by atoms with Crippen LogP contribution in [-0.4, -0.2) is 9.55 Å². The molecule has 4 heteroatoms. The van der Waals surface area contributed by atoms with E-state index in [0.29, 0.717) is 11.5 Å². The van der Waals surface area contributed by atoms with Crippen molar-refractivity contribution in [2.45, 2.75) is 45.6 Å². The van der Waals surface area contributed by atoms with E-state index < -0.39 is 0 Å². The topological polar surface area (TPSA) is 43.8 Å². The summed E-state index contributed by atoms with van der Waals surface area (Å²) in [5, 5.41) is 0. The maximum Gasteiger partial charge on any atom is 0.201 e. The van der Waals surface area contributed by atoms with Crippen LogP contribution >= 0.6 is 0 Å². The molecular weight excluding hydrogens is 253 g/mol. The van der Waals surface area contributed by atoms with E-state index in [1.54, 1.807) is 6.07 Å². The third-order valence-corrected chi connectivity index (χ3v) is 4.64. The highest BCUT2D eigenvalue weighted by Crippen LogP contribution is 2.31. The van der Waals surface area contributed by atoms with Gasteiger partial charge in [-0.3, -0.25) is 0 Å². The molecule has 1 saturated carbocycles. The summed E-state index contributed by atoms with van der Waals surface area (Å²) < 4.78 is 15.2. The van der Waals surface area contributed by atoms with Crippen molar-refractivity contribution >= 4 is 17.0 Å². The molecule has 0 amide bonds. The number of rotatable bonds is 3. The first-order valence-corrected chi connectivity index (χ1v) is 7.54. The summed E-state index contributed by atoms with van der Waals surface area (Å²) in [5.41, 5.74) is 7.56. The van der Waals surface area contributed by atoms with Gasteiger partial charge in [-0.25, -0.2) is 9.37 Å². The van der Waals surface area contributed by atoms with Crippen LogP contribution in [0.25, 0.3) is 11.0 Å². The maximum absolute atomic E-state index is 13.2. The fourth-order valence-electron chi connectivity index (χ4n) is 3.29. The molecule has 0 bridgehead atoms. The molecule has 1 aromatic heterocycles. The smallest absolute Gasteiger partial charge is 0.201 e. The maximum atomic E-state index is 13.2. The highest BCUT2D eigenvalue weighted by atomic mass is 19.1. The van der Waals surface area contributed by atoms with Crippen LogP contribution in [0.1, 0.15) is 39.0 Å². The quantitative estimate of drug-likeness (QED) is 0.921. The molecule has 1 aromatic carbocycles. The molecule has 0 spiro atoms. The number of fused-ring (bicyclic) bond motifs is 1. The Labute approximate surface area is 119 Å². The normalized spacial score (nSPS) is 23.3. The summed E-state index contributed by atoms with van der Waals surface area (Å²) in [6.45, 7) is 3.22. The summed E-state index contributed by atoms with van der Waals surface area (Å²) >= 11 is 0. The number of aromatic nitrogens is 2. The predicted octanol–water partition coefficient (Wildman–Crippen LogP) is 3.97. The average molecular weight is 275 g/mol. The Balaban J connectivity index is 1.72. The van der Waals surface area contributed by atoms with Gasteiger partial charge >= 0.3 is 0 Å². The molecule has 1 aliphatic carbocycles. The van der Waals surface area contributed by atoms with Crippen molar-refractivity contribution in [2.75, 3.05) is 5.73 Å². The van der Waals surface area contributed by atoms with E-state index in [2.05, 4.69) is 11.9 Å². The number of hydrogen-bond acceptors (Lipinski definition) is 2. The second-order valence-electron chi connectivity index (χ2n) is 6.17. The van der Waals surface area contributed by atoms with Crippen LogP contribution in [0.3, 0.4) is 0 Å². The largest absolute Gasteiger partial charge is 0.369 e. The van der Waals surface area contributed by atoms with Gasteiger partial charge in [0, 0.05) is 12.6 Å². The van der Waals surface area contributed by atoms with Gasteiger partial charge in [0.15, 0.2) is 0 Å². The van der Waals surface area contributed by atoms with Crippen LogP contribution in [0.2, 0.25) is 0 Å². The third-order valence-electron chi connectivity index (χ3n) is 4.64. The average Bonchev–Trinajstić information content (AvgIpc) is 2.73. The fraction of sp³-hybridized carbons (Fsp3) is 0.562. The zero-order chi connectivity index (χ0) is 14.1. The Bertz CT molecular complexity index is 597. The molecule has 0 aliphatic heterocycles. The first-order chi connectivity index (χ1) is 9.63. The van der Waals surface area contributed by atoms with Gasteiger partial charge in [-0.1, -0.05) is 32.6 Å². The van der Waals surface area contributed by atoms with Crippen molar-refractivity contribution in [1.29, 1.82) is 0 Å². The first kappa shape index (κ1) is 13.4. The number of aryl methyl sites for hydroxylation is 1. The molecule has 20 heavy (non-hydrogen) atoms. The molecular formula is C16H22FN3. The molecule has 0 saturated heterocycles. The number of halogens is 1. The van der Waals surface area contributed by atoms with Crippen LogP contribution in [0.15, 0.2) is 18.2 Å². The number of nitrogens with zero attached hydrogens (tertiary/aromatic N) is 2. The Morgan fingerprint density at radius 2 is 2.05 bits per heavy atom. The van der Waals surface area contributed by atoms with Gasteiger partial charge in [0.25, 0.3) is 0 Å². The molecule has 2 aromatic rings. The number of benzene rings is 1. The van der Waals surface area contributed by atoms with Crippen molar-refractivity contribution in [2.24, 2.45) is 11.8 Å². The van der Waals surface area contributed by atoms with Gasteiger partial charge in [0.05, 0.1) is 11.0 Å². The molecule has 1 heterocycles. The number of anilines is 1. The zero-order valence-electron chi connectivity index (χ0n) is 12.0. The van der Waals surface area contributed by atoms with E-state index in [-0.39, 0.29) is 5.82 Å². The number of hydrogen-bond donors (Lipinski definition) is 1. The van der Waals surface area contributed by atoms with Gasteiger partial charge in [-0.15, -0.1) is 0 Å². The van der Waals surface area contributed by atoms with E-state index in [1.165, 1.54) is 37.8 Å². The SMILES string of the molecule is CC1CCC(CCn2c(N)nc3cc(F)ccc32)CC1. The van der Waals surface area contributed by atoms with Crippen LogP contribution < -0.4 is 5.73 Å². The molecule has 3 nitrogen and oxygen atoms in total. The molecule has 0 unspecified atom stereocenters. The van der Waals surface area contributed by atoms with Crippen molar-refractivity contribution in [3.05, 3.63) is 24.0 Å². The monoisotopic (exact) mass is 275 g/mol. The highest BCUT2D eigenvalue weighted by molar-refractivity contribution is 5.78. The summed E-state index contributed by atoms with van der Waals surface area (Å²) in [5.74, 6) is 1.91. The minimum absolute atomic E-state index is 0.261.